The number of nitrogens with two attached hydrogens (primary N) is 1. The molecule has 6 nitrogen and oxygen atoms in total. The van der Waals surface area contributed by atoms with Crippen molar-refractivity contribution in [3.8, 4) is 0 Å². The van der Waals surface area contributed by atoms with Crippen LogP contribution in [-0.2, 0) is 14.8 Å². The second kappa shape index (κ2) is 8.63. The van der Waals surface area contributed by atoms with Crippen LogP contribution in [0.25, 0.3) is 0 Å². The highest BCUT2D eigenvalue weighted by Gasteiger charge is 2.25. The predicted molar refractivity (Wildman–Crippen MR) is 93.1 cm³/mol. The third-order valence-electron chi connectivity index (χ3n) is 3.46. The van der Waals surface area contributed by atoms with Crippen molar-refractivity contribution in [2.75, 3.05) is 18.4 Å². The van der Waals surface area contributed by atoms with Crippen molar-refractivity contribution in [3.05, 3.63) is 23.2 Å². The van der Waals surface area contributed by atoms with Crippen LogP contribution in [-0.4, -0.2) is 37.8 Å². The van der Waals surface area contributed by atoms with Gasteiger partial charge in [0.2, 0.25) is 15.9 Å². The average molecular weight is 362 g/mol. The standard InChI is InChI=1S/C15H24ClN3O3S/c1-4-7-13(17)15(20)18-11-8-9-12(16)14(10-11)23(21,22)19(5-2)6-3/h8-10,13H,4-7,17H2,1-3H3,(H,18,20). The molecule has 0 heterocycles. The largest absolute Gasteiger partial charge is 0.325 e. The highest BCUT2D eigenvalue weighted by molar-refractivity contribution is 7.89. The van der Waals surface area contributed by atoms with Crippen molar-refractivity contribution in [1.82, 2.24) is 4.31 Å². The summed E-state index contributed by atoms with van der Waals surface area (Å²) in [6.07, 6.45) is 1.35. The van der Waals surface area contributed by atoms with Crippen LogP contribution in [0.15, 0.2) is 23.1 Å². The zero-order valence-corrected chi connectivity index (χ0v) is 15.2. The van der Waals surface area contributed by atoms with Crippen LogP contribution >= 0.6 is 11.6 Å². The number of amides is 1. The molecule has 23 heavy (non-hydrogen) atoms. The van der Waals surface area contributed by atoms with Crippen molar-refractivity contribution in [2.24, 2.45) is 5.73 Å². The van der Waals surface area contributed by atoms with Gasteiger partial charge in [-0.25, -0.2) is 8.42 Å². The lowest BCUT2D eigenvalue weighted by molar-refractivity contribution is -0.117. The molecule has 0 radical (unpaired) electrons. The van der Waals surface area contributed by atoms with E-state index in [1.165, 1.54) is 16.4 Å². The van der Waals surface area contributed by atoms with Gasteiger partial charge >= 0.3 is 0 Å². The van der Waals surface area contributed by atoms with Gasteiger partial charge in [0.15, 0.2) is 0 Å². The van der Waals surface area contributed by atoms with Gasteiger partial charge in [-0.05, 0) is 24.6 Å². The number of nitrogens with zero attached hydrogens (tertiary/aromatic N) is 1. The Balaban J connectivity index is 3.11. The van der Waals surface area contributed by atoms with E-state index < -0.39 is 16.1 Å². The minimum atomic E-state index is -3.70. The van der Waals surface area contributed by atoms with Gasteiger partial charge in [0.1, 0.15) is 4.90 Å². The molecule has 1 unspecified atom stereocenters. The summed E-state index contributed by atoms with van der Waals surface area (Å²) in [7, 11) is -3.70. The van der Waals surface area contributed by atoms with E-state index in [-0.39, 0.29) is 15.8 Å². The molecule has 0 saturated carbocycles. The minimum absolute atomic E-state index is 0.0234. The first kappa shape index (κ1) is 19.9. The predicted octanol–water partition coefficient (Wildman–Crippen LogP) is 2.44. The van der Waals surface area contributed by atoms with E-state index in [2.05, 4.69) is 5.32 Å². The first-order chi connectivity index (χ1) is 10.8. The number of halogens is 1. The first-order valence-electron chi connectivity index (χ1n) is 7.64. The van der Waals surface area contributed by atoms with Gasteiger partial charge in [-0.2, -0.15) is 4.31 Å². The fraction of sp³-hybridized carbons (Fsp3) is 0.533. The average Bonchev–Trinajstić information content (AvgIpc) is 2.50. The van der Waals surface area contributed by atoms with Crippen LogP contribution in [0.1, 0.15) is 33.6 Å². The van der Waals surface area contributed by atoms with Crippen LogP contribution in [0, 0.1) is 0 Å². The Bertz CT molecular complexity index is 645. The van der Waals surface area contributed by atoms with Gasteiger partial charge in [0.25, 0.3) is 0 Å². The molecule has 1 rings (SSSR count). The zero-order chi connectivity index (χ0) is 17.6. The van der Waals surface area contributed by atoms with Gasteiger partial charge in [0.05, 0.1) is 11.1 Å². The third-order valence-corrected chi connectivity index (χ3v) is 5.99. The Morgan fingerprint density at radius 3 is 2.43 bits per heavy atom. The lowest BCUT2D eigenvalue weighted by Gasteiger charge is -2.20. The molecule has 1 amide bonds. The minimum Gasteiger partial charge on any atom is -0.325 e. The Morgan fingerprint density at radius 2 is 1.91 bits per heavy atom. The molecule has 0 aliphatic heterocycles. The Labute approximate surface area is 143 Å². The quantitative estimate of drug-likeness (QED) is 0.743. The van der Waals surface area contributed by atoms with Crippen molar-refractivity contribution in [1.29, 1.82) is 0 Å². The Morgan fingerprint density at radius 1 is 1.30 bits per heavy atom. The summed E-state index contributed by atoms with van der Waals surface area (Å²) in [5.41, 5.74) is 6.11. The number of rotatable bonds is 8. The van der Waals surface area contributed by atoms with Crippen molar-refractivity contribution >= 4 is 33.2 Å². The van der Waals surface area contributed by atoms with Crippen molar-refractivity contribution in [3.63, 3.8) is 0 Å². The summed E-state index contributed by atoms with van der Waals surface area (Å²) >= 11 is 6.04. The smallest absolute Gasteiger partial charge is 0.244 e. The van der Waals surface area contributed by atoms with E-state index in [9.17, 15) is 13.2 Å². The van der Waals surface area contributed by atoms with Crippen LogP contribution in [0.5, 0.6) is 0 Å². The highest BCUT2D eigenvalue weighted by Crippen LogP contribution is 2.27. The van der Waals surface area contributed by atoms with E-state index in [1.54, 1.807) is 19.9 Å². The molecule has 1 aromatic carbocycles. The van der Waals surface area contributed by atoms with Gasteiger partial charge in [0, 0.05) is 18.8 Å². The lowest BCUT2D eigenvalue weighted by atomic mass is 10.1. The summed E-state index contributed by atoms with van der Waals surface area (Å²) in [6, 6.07) is 3.75. The highest BCUT2D eigenvalue weighted by atomic mass is 35.5. The Kier molecular flexibility index (Phi) is 7.47. The van der Waals surface area contributed by atoms with E-state index in [0.717, 1.165) is 6.42 Å². The second-order valence-corrected chi connectivity index (χ2v) is 7.43. The van der Waals surface area contributed by atoms with E-state index in [4.69, 9.17) is 17.3 Å². The maximum atomic E-state index is 12.6. The van der Waals surface area contributed by atoms with Gasteiger partial charge in [-0.1, -0.05) is 38.8 Å². The van der Waals surface area contributed by atoms with Gasteiger partial charge in [-0.3, -0.25) is 4.79 Å². The lowest BCUT2D eigenvalue weighted by Crippen LogP contribution is -2.35. The zero-order valence-electron chi connectivity index (χ0n) is 13.7. The SMILES string of the molecule is CCCC(N)C(=O)Nc1ccc(Cl)c(S(=O)(=O)N(CC)CC)c1. The molecule has 0 aliphatic carbocycles. The number of hydrogen-bond donors (Lipinski definition) is 2. The molecule has 1 aromatic rings. The molecule has 1 atom stereocenters. The third kappa shape index (κ3) is 4.91. The summed E-state index contributed by atoms with van der Waals surface area (Å²) < 4.78 is 26.5. The maximum absolute atomic E-state index is 12.6. The van der Waals surface area contributed by atoms with Crippen LogP contribution < -0.4 is 11.1 Å². The molecule has 0 bridgehead atoms. The van der Waals surface area contributed by atoms with Crippen LogP contribution in [0.2, 0.25) is 5.02 Å². The molecule has 0 aromatic heterocycles. The summed E-state index contributed by atoms with van der Waals surface area (Å²) in [4.78, 5) is 11.9. The number of carbonyl (C=O) groups is 1. The number of sulfonamides is 1. The number of benzene rings is 1. The first-order valence-corrected chi connectivity index (χ1v) is 9.45. The molecular formula is C15H24ClN3O3S. The molecule has 0 fully saturated rings. The number of anilines is 1. The summed E-state index contributed by atoms with van der Waals surface area (Å²) in [5, 5.41) is 2.75. The van der Waals surface area contributed by atoms with E-state index in [0.29, 0.717) is 25.2 Å². The summed E-state index contributed by atoms with van der Waals surface area (Å²) in [6.45, 7) is 6.12. The molecular weight excluding hydrogens is 338 g/mol. The normalized spacial score (nSPS) is 13.1. The topological polar surface area (TPSA) is 92.5 Å². The fourth-order valence-electron chi connectivity index (χ4n) is 2.16. The van der Waals surface area contributed by atoms with Crippen LogP contribution in [0.3, 0.4) is 0 Å². The van der Waals surface area contributed by atoms with Gasteiger partial charge in [-0.15, -0.1) is 0 Å². The Hall–Kier alpha value is -1.15. The maximum Gasteiger partial charge on any atom is 0.244 e. The van der Waals surface area contributed by atoms with E-state index in [1.807, 2.05) is 6.92 Å². The number of hydrogen-bond acceptors (Lipinski definition) is 4. The molecule has 0 aliphatic rings. The molecule has 8 heteroatoms. The van der Waals surface area contributed by atoms with Gasteiger partial charge < -0.3 is 11.1 Å². The van der Waals surface area contributed by atoms with Crippen molar-refractivity contribution < 1.29 is 13.2 Å². The number of carbonyl (C=O) groups excluding carboxylic acids is 1. The monoisotopic (exact) mass is 361 g/mol. The van der Waals surface area contributed by atoms with E-state index >= 15 is 0 Å². The molecule has 0 saturated heterocycles. The molecule has 3 N–H and O–H groups in total. The molecule has 0 spiro atoms. The second-order valence-electron chi connectivity index (χ2n) is 5.12. The van der Waals surface area contributed by atoms with Crippen molar-refractivity contribution in [2.45, 2.75) is 44.6 Å². The fourth-order valence-corrected chi connectivity index (χ4v) is 4.12. The number of nitrogens with one attached hydrogen (secondary N) is 1. The summed E-state index contributed by atoms with van der Waals surface area (Å²) in [5.74, 6) is -0.347. The van der Waals surface area contributed by atoms with Crippen LogP contribution in [0.4, 0.5) is 5.69 Å². The molecule has 130 valence electrons.